The number of nitrogens with zero attached hydrogens (tertiary/aromatic N) is 4. The van der Waals surface area contributed by atoms with Crippen molar-refractivity contribution in [3.63, 3.8) is 0 Å². The summed E-state index contributed by atoms with van der Waals surface area (Å²) in [6.45, 7) is 3.23. The second kappa shape index (κ2) is 9.25. The van der Waals surface area contributed by atoms with Crippen molar-refractivity contribution >= 4 is 28.3 Å². The van der Waals surface area contributed by atoms with Crippen molar-refractivity contribution in [1.29, 1.82) is 0 Å². The van der Waals surface area contributed by atoms with Gasteiger partial charge in [0.2, 0.25) is 0 Å². The van der Waals surface area contributed by atoms with Crippen molar-refractivity contribution in [3.05, 3.63) is 84.2 Å². The molecule has 6 nitrogen and oxygen atoms in total. The molecular formula is C26H22F3N5O. The Bertz CT molecular complexity index is 1400. The predicted octanol–water partition coefficient (Wildman–Crippen LogP) is 5.46. The second-order valence-electron chi connectivity index (χ2n) is 8.47. The number of carbonyl (C=O) groups is 1. The Morgan fingerprint density at radius 2 is 1.63 bits per heavy atom. The summed E-state index contributed by atoms with van der Waals surface area (Å²) in [7, 11) is 0. The third kappa shape index (κ3) is 4.49. The number of amides is 2. The van der Waals surface area contributed by atoms with Gasteiger partial charge in [0.05, 0.1) is 5.69 Å². The molecule has 4 aromatic rings. The van der Waals surface area contributed by atoms with Crippen LogP contribution in [0.25, 0.3) is 22.0 Å². The first kappa shape index (κ1) is 22.6. The maximum Gasteiger partial charge on any atom is 0.322 e. The van der Waals surface area contributed by atoms with Crippen LogP contribution in [0, 0.1) is 17.5 Å². The fourth-order valence-electron chi connectivity index (χ4n) is 4.36. The minimum absolute atomic E-state index is 0.0697. The molecule has 1 N–H and O–H groups in total. The lowest BCUT2D eigenvalue weighted by atomic mass is 10.0. The number of benzene rings is 3. The zero-order valence-corrected chi connectivity index (χ0v) is 18.9. The molecule has 0 saturated carbocycles. The maximum atomic E-state index is 13.9. The number of anilines is 2. The largest absolute Gasteiger partial charge is 0.348 e. The van der Waals surface area contributed by atoms with Crippen LogP contribution in [0.15, 0.2) is 66.7 Å². The average Bonchev–Trinajstić information content (AvgIpc) is 2.86. The Labute approximate surface area is 200 Å². The lowest BCUT2D eigenvalue weighted by molar-refractivity contribution is 0.200. The van der Waals surface area contributed by atoms with Crippen LogP contribution in [0.4, 0.5) is 29.5 Å². The van der Waals surface area contributed by atoms with E-state index in [4.69, 9.17) is 0 Å². The molecule has 2 amide bonds. The van der Waals surface area contributed by atoms with Gasteiger partial charge in [0.25, 0.3) is 0 Å². The molecule has 0 spiro atoms. The van der Waals surface area contributed by atoms with Crippen molar-refractivity contribution in [2.45, 2.75) is 13.0 Å². The summed E-state index contributed by atoms with van der Waals surface area (Å²) in [5, 5.41) is 13.3. The Kier molecular flexibility index (Phi) is 5.98. The van der Waals surface area contributed by atoms with Crippen LogP contribution >= 0.6 is 0 Å². The third-order valence-corrected chi connectivity index (χ3v) is 6.14. The van der Waals surface area contributed by atoms with Gasteiger partial charge in [-0.05, 0) is 43.3 Å². The monoisotopic (exact) mass is 477 g/mol. The molecule has 0 radical (unpaired) electrons. The quantitative estimate of drug-likeness (QED) is 0.426. The molecule has 5 rings (SSSR count). The van der Waals surface area contributed by atoms with E-state index in [-0.39, 0.29) is 17.5 Å². The normalized spacial score (nSPS) is 15.9. The summed E-state index contributed by atoms with van der Waals surface area (Å²) >= 11 is 0. The van der Waals surface area contributed by atoms with Crippen LogP contribution in [0.5, 0.6) is 0 Å². The van der Waals surface area contributed by atoms with Crippen molar-refractivity contribution < 1.29 is 18.0 Å². The van der Waals surface area contributed by atoms with Crippen LogP contribution in [0.3, 0.4) is 0 Å². The number of nitrogens with one attached hydrogen (secondary N) is 1. The zero-order chi connectivity index (χ0) is 24.5. The Morgan fingerprint density at radius 1 is 0.914 bits per heavy atom. The highest BCUT2D eigenvalue weighted by Gasteiger charge is 2.29. The van der Waals surface area contributed by atoms with Gasteiger partial charge < -0.3 is 15.1 Å². The van der Waals surface area contributed by atoms with E-state index in [2.05, 4.69) is 20.4 Å². The van der Waals surface area contributed by atoms with Gasteiger partial charge in [0.15, 0.2) is 5.82 Å². The summed E-state index contributed by atoms with van der Waals surface area (Å²) in [4.78, 5) is 16.4. The maximum absolute atomic E-state index is 13.9. The first-order valence-corrected chi connectivity index (χ1v) is 11.2. The molecule has 1 fully saturated rings. The SMILES string of the molecule is C[C@@H]1CN(C(=O)Nc2ccc(F)cc2F)CCN1c1nnc(-c2ccc(F)cc2)c2ccccc12. The molecule has 1 aliphatic heterocycles. The van der Waals surface area contributed by atoms with Gasteiger partial charge in [-0.3, -0.25) is 0 Å². The highest BCUT2D eigenvalue weighted by molar-refractivity contribution is 6.00. The molecule has 9 heteroatoms. The van der Waals surface area contributed by atoms with E-state index < -0.39 is 17.7 Å². The zero-order valence-electron chi connectivity index (χ0n) is 18.9. The van der Waals surface area contributed by atoms with E-state index in [1.54, 1.807) is 17.0 Å². The Hall–Kier alpha value is -4.14. The molecule has 178 valence electrons. The summed E-state index contributed by atoms with van der Waals surface area (Å²) in [6, 6.07) is 16.4. The minimum atomic E-state index is -0.826. The van der Waals surface area contributed by atoms with Gasteiger partial charge in [-0.25, -0.2) is 18.0 Å². The van der Waals surface area contributed by atoms with Gasteiger partial charge in [-0.2, -0.15) is 0 Å². The van der Waals surface area contributed by atoms with Gasteiger partial charge in [0.1, 0.15) is 23.1 Å². The van der Waals surface area contributed by atoms with Crippen LogP contribution < -0.4 is 10.2 Å². The van der Waals surface area contributed by atoms with Crippen molar-refractivity contribution in [2.75, 3.05) is 29.9 Å². The first-order chi connectivity index (χ1) is 16.9. The molecule has 1 aromatic heterocycles. The number of hydrogen-bond donors (Lipinski definition) is 1. The lowest BCUT2D eigenvalue weighted by Gasteiger charge is -2.40. The van der Waals surface area contributed by atoms with E-state index >= 15 is 0 Å². The molecular weight excluding hydrogens is 455 g/mol. The standard InChI is InChI=1S/C26H22F3N5O/c1-16-15-33(26(35)30-23-11-10-19(28)14-22(23)29)12-13-34(16)25-21-5-3-2-4-20(21)24(31-32-25)17-6-8-18(27)9-7-17/h2-11,14,16H,12-13,15H2,1H3,(H,30,35)/t16-/m1/s1. The van der Waals surface area contributed by atoms with Crippen molar-refractivity contribution in [3.8, 4) is 11.3 Å². The lowest BCUT2D eigenvalue weighted by Crippen LogP contribution is -2.55. The van der Waals surface area contributed by atoms with Crippen molar-refractivity contribution in [2.24, 2.45) is 0 Å². The van der Waals surface area contributed by atoms with Gasteiger partial charge in [-0.15, -0.1) is 10.2 Å². The summed E-state index contributed by atoms with van der Waals surface area (Å²) in [6.07, 6.45) is 0. The molecule has 0 aliphatic carbocycles. The summed E-state index contributed by atoms with van der Waals surface area (Å²) in [5.41, 5.74) is 1.36. The summed E-state index contributed by atoms with van der Waals surface area (Å²) < 4.78 is 40.5. The third-order valence-electron chi connectivity index (χ3n) is 6.14. The van der Waals surface area contributed by atoms with Gasteiger partial charge in [-0.1, -0.05) is 24.3 Å². The smallest absolute Gasteiger partial charge is 0.322 e. The van der Waals surface area contributed by atoms with E-state index in [1.807, 2.05) is 31.2 Å². The minimum Gasteiger partial charge on any atom is -0.348 e. The number of halogens is 3. The molecule has 2 heterocycles. The molecule has 1 aliphatic rings. The van der Waals surface area contributed by atoms with Crippen LogP contribution in [-0.2, 0) is 0 Å². The van der Waals surface area contributed by atoms with Gasteiger partial charge >= 0.3 is 6.03 Å². The highest BCUT2D eigenvalue weighted by atomic mass is 19.1. The number of carbonyl (C=O) groups excluding carboxylic acids is 1. The van der Waals surface area contributed by atoms with E-state index in [9.17, 15) is 18.0 Å². The van der Waals surface area contributed by atoms with E-state index in [1.165, 1.54) is 18.2 Å². The second-order valence-corrected chi connectivity index (χ2v) is 8.47. The molecule has 35 heavy (non-hydrogen) atoms. The number of piperazine rings is 1. The Balaban J connectivity index is 1.37. The van der Waals surface area contributed by atoms with Crippen molar-refractivity contribution in [1.82, 2.24) is 15.1 Å². The first-order valence-electron chi connectivity index (χ1n) is 11.2. The van der Waals surface area contributed by atoms with Crippen LogP contribution in [-0.4, -0.2) is 46.8 Å². The number of hydrogen-bond acceptors (Lipinski definition) is 4. The molecule has 3 aromatic carbocycles. The van der Waals surface area contributed by atoms with Crippen LogP contribution in [0.2, 0.25) is 0 Å². The van der Waals surface area contributed by atoms with E-state index in [0.717, 1.165) is 28.5 Å². The topological polar surface area (TPSA) is 61.4 Å². The highest BCUT2D eigenvalue weighted by Crippen LogP contribution is 2.33. The number of urea groups is 1. The average molecular weight is 477 g/mol. The molecule has 0 bridgehead atoms. The predicted molar refractivity (Wildman–Crippen MR) is 129 cm³/mol. The Morgan fingerprint density at radius 3 is 2.34 bits per heavy atom. The number of aromatic nitrogens is 2. The molecule has 1 atom stereocenters. The van der Waals surface area contributed by atoms with Crippen LogP contribution in [0.1, 0.15) is 6.92 Å². The summed E-state index contributed by atoms with van der Waals surface area (Å²) in [5.74, 6) is -1.15. The fourth-order valence-corrected chi connectivity index (χ4v) is 4.36. The number of rotatable bonds is 3. The van der Waals surface area contributed by atoms with Gasteiger partial charge in [0, 0.05) is 48.1 Å². The molecule has 0 unspecified atom stereocenters. The fraction of sp³-hybridized carbons (Fsp3) is 0.192. The number of fused-ring (bicyclic) bond motifs is 1. The molecule has 1 saturated heterocycles. The van der Waals surface area contributed by atoms with E-state index in [0.29, 0.717) is 31.1 Å².